The molecule has 1 amide bonds. The van der Waals surface area contributed by atoms with E-state index in [0.717, 1.165) is 10.9 Å². The third-order valence-electron chi connectivity index (χ3n) is 4.23. The van der Waals surface area contributed by atoms with Crippen LogP contribution in [-0.4, -0.2) is 35.0 Å². The van der Waals surface area contributed by atoms with Crippen LogP contribution in [0.15, 0.2) is 28.7 Å². The number of carbonyl (C=O) groups excluding carboxylic acids is 1. The number of carbonyl (C=O) groups is 2. The number of likely N-dealkylation sites (tertiary alicyclic amines) is 1. The molecule has 3 rings (SSSR count). The van der Waals surface area contributed by atoms with E-state index >= 15 is 0 Å². The van der Waals surface area contributed by atoms with Gasteiger partial charge in [0, 0.05) is 23.5 Å². The van der Waals surface area contributed by atoms with Crippen LogP contribution < -0.4 is 0 Å². The minimum absolute atomic E-state index is 0.0387. The second-order valence-electron chi connectivity index (χ2n) is 5.61. The molecular formula is C15H16BrNO3. The Bertz CT molecular complexity index is 560. The minimum Gasteiger partial charge on any atom is -0.481 e. The molecule has 5 heteroatoms. The van der Waals surface area contributed by atoms with Crippen LogP contribution in [0.25, 0.3) is 0 Å². The summed E-state index contributed by atoms with van der Waals surface area (Å²) in [4.78, 5) is 25.0. The van der Waals surface area contributed by atoms with Gasteiger partial charge in [-0.05, 0) is 36.5 Å². The fraction of sp³-hybridized carbons (Fsp3) is 0.467. The second-order valence-corrected chi connectivity index (χ2v) is 6.53. The number of carboxylic acid groups (broad SMARTS) is 1. The van der Waals surface area contributed by atoms with Gasteiger partial charge >= 0.3 is 5.97 Å². The summed E-state index contributed by atoms with van der Waals surface area (Å²) in [5, 5.41) is 8.98. The van der Waals surface area contributed by atoms with Crippen molar-refractivity contribution in [1.29, 1.82) is 0 Å². The molecule has 2 aliphatic rings. The molecule has 1 saturated carbocycles. The molecule has 1 saturated heterocycles. The van der Waals surface area contributed by atoms with Gasteiger partial charge < -0.3 is 10.0 Å². The third kappa shape index (κ3) is 2.59. The van der Waals surface area contributed by atoms with E-state index in [1.807, 2.05) is 18.2 Å². The fourth-order valence-electron chi connectivity index (χ4n) is 2.97. The van der Waals surface area contributed by atoms with Gasteiger partial charge in [0.2, 0.25) is 5.91 Å². The molecule has 106 valence electrons. The van der Waals surface area contributed by atoms with Gasteiger partial charge in [0.25, 0.3) is 0 Å². The molecule has 1 aromatic rings. The van der Waals surface area contributed by atoms with E-state index in [4.69, 9.17) is 5.11 Å². The van der Waals surface area contributed by atoms with Gasteiger partial charge in [0.05, 0.1) is 5.92 Å². The Kier molecular flexibility index (Phi) is 3.54. The van der Waals surface area contributed by atoms with Crippen molar-refractivity contribution in [3.63, 3.8) is 0 Å². The molecular weight excluding hydrogens is 322 g/mol. The summed E-state index contributed by atoms with van der Waals surface area (Å²) in [6, 6.07) is 8.06. The van der Waals surface area contributed by atoms with Gasteiger partial charge in [-0.15, -0.1) is 0 Å². The van der Waals surface area contributed by atoms with E-state index in [2.05, 4.69) is 22.0 Å². The summed E-state index contributed by atoms with van der Waals surface area (Å²) < 4.78 is 1.03. The Morgan fingerprint density at radius 2 is 2.15 bits per heavy atom. The largest absolute Gasteiger partial charge is 0.481 e. The molecule has 1 aromatic carbocycles. The smallest absolute Gasteiger partial charge is 0.308 e. The number of nitrogens with zero attached hydrogens (tertiary/aromatic N) is 1. The number of hydrogen-bond donors (Lipinski definition) is 1. The van der Waals surface area contributed by atoms with Crippen molar-refractivity contribution < 1.29 is 14.7 Å². The van der Waals surface area contributed by atoms with Crippen molar-refractivity contribution in [3.8, 4) is 0 Å². The highest BCUT2D eigenvalue weighted by Gasteiger charge is 2.47. The lowest BCUT2D eigenvalue weighted by Crippen LogP contribution is -2.31. The summed E-state index contributed by atoms with van der Waals surface area (Å²) in [5.74, 6) is -0.721. The number of hydrogen-bond acceptors (Lipinski definition) is 2. The summed E-state index contributed by atoms with van der Waals surface area (Å²) in [5.41, 5.74) is 1.19. The molecule has 0 radical (unpaired) electrons. The van der Waals surface area contributed by atoms with Crippen LogP contribution in [0.2, 0.25) is 0 Å². The zero-order valence-corrected chi connectivity index (χ0v) is 12.5. The maximum absolute atomic E-state index is 12.4. The molecule has 1 heterocycles. The van der Waals surface area contributed by atoms with E-state index in [1.54, 1.807) is 4.90 Å². The first-order chi connectivity index (χ1) is 9.56. The lowest BCUT2D eigenvalue weighted by atomic mass is 10.1. The van der Waals surface area contributed by atoms with Crippen molar-refractivity contribution >= 4 is 27.8 Å². The lowest BCUT2D eigenvalue weighted by molar-refractivity contribution is -0.141. The van der Waals surface area contributed by atoms with Crippen molar-refractivity contribution in [2.24, 2.45) is 11.8 Å². The Morgan fingerprint density at radius 1 is 1.35 bits per heavy atom. The van der Waals surface area contributed by atoms with Crippen LogP contribution in [-0.2, 0) is 9.59 Å². The summed E-state index contributed by atoms with van der Waals surface area (Å²) >= 11 is 3.44. The van der Waals surface area contributed by atoms with Crippen LogP contribution in [0.4, 0.5) is 0 Å². The summed E-state index contributed by atoms with van der Waals surface area (Å²) in [6.07, 6.45) is 1.46. The monoisotopic (exact) mass is 337 g/mol. The van der Waals surface area contributed by atoms with Crippen molar-refractivity contribution in [3.05, 3.63) is 34.3 Å². The number of aliphatic carboxylic acids is 1. The molecule has 1 aliphatic carbocycles. The molecule has 0 aromatic heterocycles. The highest BCUT2D eigenvalue weighted by atomic mass is 79.9. The number of amides is 1. The van der Waals surface area contributed by atoms with Gasteiger partial charge in [0.1, 0.15) is 0 Å². The average Bonchev–Trinajstić information content (AvgIpc) is 3.06. The first-order valence-electron chi connectivity index (χ1n) is 6.83. The maximum atomic E-state index is 12.4. The fourth-order valence-corrected chi connectivity index (χ4v) is 3.39. The van der Waals surface area contributed by atoms with Crippen molar-refractivity contribution in [2.75, 3.05) is 13.1 Å². The summed E-state index contributed by atoms with van der Waals surface area (Å²) in [7, 11) is 0. The Morgan fingerprint density at radius 3 is 2.80 bits per heavy atom. The minimum atomic E-state index is -0.792. The van der Waals surface area contributed by atoms with E-state index in [9.17, 15) is 9.59 Å². The quantitative estimate of drug-likeness (QED) is 0.921. The van der Waals surface area contributed by atoms with E-state index < -0.39 is 5.97 Å². The predicted octanol–water partition coefficient (Wildman–Crippen LogP) is 2.49. The Hall–Kier alpha value is -1.36. The van der Waals surface area contributed by atoms with Crippen LogP contribution in [0.3, 0.4) is 0 Å². The Balaban J connectivity index is 1.62. The molecule has 20 heavy (non-hydrogen) atoms. The third-order valence-corrected chi connectivity index (χ3v) is 4.73. The van der Waals surface area contributed by atoms with Gasteiger partial charge in [-0.2, -0.15) is 0 Å². The number of halogens is 1. The van der Waals surface area contributed by atoms with Gasteiger partial charge in [-0.1, -0.05) is 28.1 Å². The predicted molar refractivity (Wildman–Crippen MR) is 77.3 cm³/mol. The van der Waals surface area contributed by atoms with Crippen molar-refractivity contribution in [2.45, 2.75) is 18.8 Å². The molecule has 4 nitrogen and oxygen atoms in total. The van der Waals surface area contributed by atoms with E-state index in [1.165, 1.54) is 5.56 Å². The van der Waals surface area contributed by atoms with Gasteiger partial charge in [-0.25, -0.2) is 0 Å². The Labute approximate surface area is 125 Å². The first kappa shape index (κ1) is 13.6. The first-order valence-corrected chi connectivity index (χ1v) is 7.62. The molecule has 1 aliphatic heterocycles. The molecule has 3 atom stereocenters. The van der Waals surface area contributed by atoms with Gasteiger partial charge in [-0.3, -0.25) is 9.59 Å². The number of rotatable bonds is 3. The van der Waals surface area contributed by atoms with Crippen LogP contribution in [0.5, 0.6) is 0 Å². The normalized spacial score (nSPS) is 28.4. The molecule has 0 spiro atoms. The number of benzene rings is 1. The van der Waals surface area contributed by atoms with Crippen LogP contribution in [0.1, 0.15) is 24.3 Å². The summed E-state index contributed by atoms with van der Waals surface area (Å²) in [6.45, 7) is 0.952. The van der Waals surface area contributed by atoms with Crippen LogP contribution in [0, 0.1) is 11.8 Å². The molecule has 0 unspecified atom stereocenters. The number of carboxylic acids is 1. The maximum Gasteiger partial charge on any atom is 0.308 e. The van der Waals surface area contributed by atoms with E-state index in [-0.39, 0.29) is 17.7 Å². The molecule has 1 N–H and O–H groups in total. The zero-order valence-electron chi connectivity index (χ0n) is 11.0. The lowest BCUT2D eigenvalue weighted by Gasteiger charge is -2.15. The van der Waals surface area contributed by atoms with Crippen LogP contribution >= 0.6 is 15.9 Å². The average molecular weight is 338 g/mol. The second kappa shape index (κ2) is 5.20. The molecule has 2 fully saturated rings. The highest BCUT2D eigenvalue weighted by molar-refractivity contribution is 9.10. The SMILES string of the molecule is O=C(O)[C@@H]1CCN(C(=O)[C@H]2C[C@H]2c2cccc(Br)c2)C1. The van der Waals surface area contributed by atoms with Gasteiger partial charge in [0.15, 0.2) is 0 Å². The van der Waals surface area contributed by atoms with E-state index in [0.29, 0.717) is 25.4 Å². The zero-order chi connectivity index (χ0) is 14.3. The topological polar surface area (TPSA) is 57.6 Å². The molecule has 0 bridgehead atoms. The highest BCUT2D eigenvalue weighted by Crippen LogP contribution is 2.49. The van der Waals surface area contributed by atoms with Crippen molar-refractivity contribution in [1.82, 2.24) is 4.90 Å². The standard InChI is InChI=1S/C15H16BrNO3/c16-11-3-1-2-9(6-11)12-7-13(12)14(18)17-5-4-10(8-17)15(19)20/h1-3,6,10,12-13H,4-5,7-8H2,(H,19,20)/t10-,12+,13+/m1/s1.